The van der Waals surface area contributed by atoms with E-state index in [1.807, 2.05) is 22.7 Å². The Morgan fingerprint density at radius 1 is 1.15 bits per heavy atom. The van der Waals surface area contributed by atoms with Crippen LogP contribution in [0, 0.1) is 0 Å². The molecule has 0 N–H and O–H groups in total. The molecule has 136 valence electrons. The van der Waals surface area contributed by atoms with Crippen LogP contribution in [0.5, 0.6) is 0 Å². The number of benzene rings is 1. The van der Waals surface area contributed by atoms with Crippen molar-refractivity contribution in [2.75, 3.05) is 25.0 Å². The van der Waals surface area contributed by atoms with Crippen LogP contribution in [-0.2, 0) is 6.54 Å². The summed E-state index contributed by atoms with van der Waals surface area (Å²) in [5.74, 6) is 0.988. The van der Waals surface area contributed by atoms with Gasteiger partial charge in [-0.3, -0.25) is 4.90 Å². The van der Waals surface area contributed by atoms with E-state index in [1.165, 1.54) is 5.56 Å². The van der Waals surface area contributed by atoms with Gasteiger partial charge >= 0.3 is 0 Å². The molecule has 0 bridgehead atoms. The standard InChI is InChI=1S/C19H21BrClN5/c1-24(19-17-6-7-18(20)26(17)23-13-22-19)16-8-10-25(11-9-16)12-14-2-4-15(21)5-3-14/h2-7,13,16H,8-12H2,1H3. The maximum atomic E-state index is 5.98. The number of rotatable bonds is 4. The zero-order valence-electron chi connectivity index (χ0n) is 14.6. The van der Waals surface area contributed by atoms with Gasteiger partial charge in [-0.1, -0.05) is 23.7 Å². The monoisotopic (exact) mass is 433 g/mol. The number of aromatic nitrogens is 3. The lowest BCUT2D eigenvalue weighted by molar-refractivity contribution is 0.203. The molecule has 7 heteroatoms. The molecule has 2 aromatic heterocycles. The van der Waals surface area contributed by atoms with Crippen molar-refractivity contribution < 1.29 is 0 Å². The maximum Gasteiger partial charge on any atom is 0.156 e. The quantitative estimate of drug-likeness (QED) is 0.615. The number of likely N-dealkylation sites (tertiary alicyclic amines) is 1. The SMILES string of the molecule is CN(c1ncnn2c(Br)ccc12)C1CCN(Cc2ccc(Cl)cc2)CC1. The number of fused-ring (bicyclic) bond motifs is 1. The molecule has 1 aromatic carbocycles. The van der Waals surface area contributed by atoms with Crippen LogP contribution in [0.25, 0.3) is 5.52 Å². The average molecular weight is 435 g/mol. The molecule has 3 aromatic rings. The molecule has 26 heavy (non-hydrogen) atoms. The van der Waals surface area contributed by atoms with Gasteiger partial charge in [0.05, 0.1) is 0 Å². The molecule has 1 aliphatic rings. The van der Waals surface area contributed by atoms with E-state index < -0.39 is 0 Å². The molecule has 4 rings (SSSR count). The summed E-state index contributed by atoms with van der Waals surface area (Å²) < 4.78 is 2.83. The molecule has 1 saturated heterocycles. The van der Waals surface area contributed by atoms with Gasteiger partial charge < -0.3 is 4.90 Å². The predicted molar refractivity (Wildman–Crippen MR) is 109 cm³/mol. The van der Waals surface area contributed by atoms with E-state index in [2.05, 4.69) is 61.1 Å². The molecule has 0 spiro atoms. The Hall–Kier alpha value is -1.63. The fourth-order valence-electron chi connectivity index (χ4n) is 3.65. The number of hydrogen-bond acceptors (Lipinski definition) is 4. The van der Waals surface area contributed by atoms with Crippen LogP contribution in [-0.4, -0.2) is 45.7 Å². The van der Waals surface area contributed by atoms with Crippen molar-refractivity contribution in [2.45, 2.75) is 25.4 Å². The van der Waals surface area contributed by atoms with Crippen molar-refractivity contribution in [1.82, 2.24) is 19.5 Å². The normalized spacial score (nSPS) is 16.3. The third-order valence-electron chi connectivity index (χ3n) is 5.14. The van der Waals surface area contributed by atoms with E-state index in [0.717, 1.165) is 53.4 Å². The van der Waals surface area contributed by atoms with Crippen molar-refractivity contribution in [1.29, 1.82) is 0 Å². The summed E-state index contributed by atoms with van der Waals surface area (Å²) in [7, 11) is 2.14. The van der Waals surface area contributed by atoms with Crippen LogP contribution < -0.4 is 4.90 Å². The lowest BCUT2D eigenvalue weighted by Crippen LogP contribution is -2.43. The van der Waals surface area contributed by atoms with Gasteiger partial charge in [-0.05, 0) is 58.6 Å². The molecule has 3 heterocycles. The number of nitrogens with zero attached hydrogens (tertiary/aromatic N) is 5. The fourth-order valence-corrected chi connectivity index (χ4v) is 4.19. The first-order valence-electron chi connectivity index (χ1n) is 8.79. The van der Waals surface area contributed by atoms with Gasteiger partial charge in [0.15, 0.2) is 5.82 Å². The third-order valence-corrected chi connectivity index (χ3v) is 6.00. The summed E-state index contributed by atoms with van der Waals surface area (Å²) in [5.41, 5.74) is 2.35. The molecule has 0 aliphatic carbocycles. The Balaban J connectivity index is 1.41. The number of hydrogen-bond donors (Lipinski definition) is 0. The van der Waals surface area contributed by atoms with Gasteiger partial charge in [-0.25, -0.2) is 9.50 Å². The molecule has 5 nitrogen and oxygen atoms in total. The summed E-state index contributed by atoms with van der Waals surface area (Å²) in [5, 5.41) is 5.10. The van der Waals surface area contributed by atoms with Crippen molar-refractivity contribution >= 4 is 38.9 Å². The molecule has 1 aliphatic heterocycles. The molecule has 0 amide bonds. The smallest absolute Gasteiger partial charge is 0.156 e. The minimum Gasteiger partial charge on any atom is -0.355 e. The summed E-state index contributed by atoms with van der Waals surface area (Å²) in [6.45, 7) is 3.16. The Bertz CT molecular complexity index is 887. The number of halogens is 2. The van der Waals surface area contributed by atoms with Crippen molar-refractivity contribution in [2.24, 2.45) is 0 Å². The number of anilines is 1. The summed E-state index contributed by atoms with van der Waals surface area (Å²) in [4.78, 5) is 9.36. The molecule has 0 radical (unpaired) electrons. The van der Waals surface area contributed by atoms with Crippen LogP contribution >= 0.6 is 27.5 Å². The lowest BCUT2D eigenvalue weighted by atomic mass is 10.0. The largest absolute Gasteiger partial charge is 0.355 e. The average Bonchev–Trinajstić information content (AvgIpc) is 3.05. The third kappa shape index (κ3) is 3.59. The maximum absolute atomic E-state index is 5.98. The van der Waals surface area contributed by atoms with Crippen LogP contribution in [0.3, 0.4) is 0 Å². The Morgan fingerprint density at radius 3 is 2.62 bits per heavy atom. The topological polar surface area (TPSA) is 36.7 Å². The van der Waals surface area contributed by atoms with Crippen LogP contribution in [0.2, 0.25) is 5.02 Å². The van der Waals surface area contributed by atoms with Crippen LogP contribution in [0.15, 0.2) is 47.3 Å². The van der Waals surface area contributed by atoms with Crippen molar-refractivity contribution in [3.63, 3.8) is 0 Å². The highest BCUT2D eigenvalue weighted by molar-refractivity contribution is 9.10. The van der Waals surface area contributed by atoms with Gasteiger partial charge in [0.2, 0.25) is 0 Å². The summed E-state index contributed by atoms with van der Waals surface area (Å²) >= 11 is 9.50. The highest BCUT2D eigenvalue weighted by Gasteiger charge is 2.24. The van der Waals surface area contributed by atoms with E-state index in [0.29, 0.717) is 6.04 Å². The van der Waals surface area contributed by atoms with Gasteiger partial charge in [-0.15, -0.1) is 0 Å². The van der Waals surface area contributed by atoms with Gasteiger partial charge in [0.25, 0.3) is 0 Å². The Morgan fingerprint density at radius 2 is 1.88 bits per heavy atom. The zero-order chi connectivity index (χ0) is 18.1. The highest BCUT2D eigenvalue weighted by Crippen LogP contribution is 2.26. The second-order valence-corrected chi connectivity index (χ2v) is 8.03. The highest BCUT2D eigenvalue weighted by atomic mass is 79.9. The fraction of sp³-hybridized carbons (Fsp3) is 0.368. The van der Waals surface area contributed by atoms with E-state index in [4.69, 9.17) is 11.6 Å². The summed E-state index contributed by atoms with van der Waals surface area (Å²) in [6.07, 6.45) is 3.88. The zero-order valence-corrected chi connectivity index (χ0v) is 17.0. The Kier molecular flexibility index (Phi) is 5.16. The van der Waals surface area contributed by atoms with Crippen molar-refractivity contribution in [3.05, 3.63) is 57.9 Å². The molecular formula is C19H21BrClN5. The van der Waals surface area contributed by atoms with Crippen LogP contribution in [0.4, 0.5) is 5.82 Å². The van der Waals surface area contributed by atoms with Gasteiger partial charge in [0.1, 0.15) is 16.4 Å². The second-order valence-electron chi connectivity index (χ2n) is 6.78. The van der Waals surface area contributed by atoms with Gasteiger partial charge in [-0.2, -0.15) is 5.10 Å². The van der Waals surface area contributed by atoms with E-state index in [-0.39, 0.29) is 0 Å². The Labute approximate surface area is 166 Å². The lowest BCUT2D eigenvalue weighted by Gasteiger charge is -2.37. The van der Waals surface area contributed by atoms with Gasteiger partial charge in [0, 0.05) is 37.7 Å². The first kappa shape index (κ1) is 17.8. The van der Waals surface area contributed by atoms with E-state index in [1.54, 1.807) is 6.33 Å². The van der Waals surface area contributed by atoms with Crippen LogP contribution in [0.1, 0.15) is 18.4 Å². The molecule has 0 saturated carbocycles. The van der Waals surface area contributed by atoms with E-state index >= 15 is 0 Å². The molecule has 0 unspecified atom stereocenters. The molecule has 1 fully saturated rings. The van der Waals surface area contributed by atoms with Crippen molar-refractivity contribution in [3.8, 4) is 0 Å². The van der Waals surface area contributed by atoms with E-state index in [9.17, 15) is 0 Å². The predicted octanol–water partition coefficient (Wildman–Crippen LogP) is 4.25. The minimum atomic E-state index is 0.490. The molecular weight excluding hydrogens is 414 g/mol. The number of piperidine rings is 1. The first-order valence-corrected chi connectivity index (χ1v) is 9.97. The molecule has 0 atom stereocenters. The first-order chi connectivity index (χ1) is 12.6. The minimum absolute atomic E-state index is 0.490. The second kappa shape index (κ2) is 7.55. The summed E-state index contributed by atoms with van der Waals surface area (Å²) in [6, 6.07) is 12.7.